The van der Waals surface area contributed by atoms with Gasteiger partial charge in [-0.1, -0.05) is 13.8 Å². The van der Waals surface area contributed by atoms with Crippen molar-refractivity contribution in [3.05, 3.63) is 28.3 Å². The van der Waals surface area contributed by atoms with Gasteiger partial charge in [0.1, 0.15) is 11.3 Å². The van der Waals surface area contributed by atoms with Crippen molar-refractivity contribution < 1.29 is 9.90 Å². The zero-order chi connectivity index (χ0) is 15.2. The lowest BCUT2D eigenvalue weighted by Crippen LogP contribution is -2.66. The third-order valence-corrected chi connectivity index (χ3v) is 4.89. The van der Waals surface area contributed by atoms with Crippen LogP contribution in [-0.4, -0.2) is 44.6 Å². The van der Waals surface area contributed by atoms with Crippen LogP contribution in [0.2, 0.25) is 0 Å². The van der Waals surface area contributed by atoms with Gasteiger partial charge in [-0.3, -0.25) is 4.79 Å². The standard InChI is InChI=1S/C15H19N3O2S/c1-9(2)15(20)7-18(8-15)14(19)12-4-11(5-16-12)13-6-21-10(3)17-13/h4-6,9,16,20H,7-8H2,1-3H3. The highest BCUT2D eigenvalue weighted by Gasteiger charge is 2.46. The zero-order valence-electron chi connectivity index (χ0n) is 12.4. The Morgan fingerprint density at radius 1 is 1.52 bits per heavy atom. The van der Waals surface area contributed by atoms with Gasteiger partial charge < -0.3 is 15.0 Å². The van der Waals surface area contributed by atoms with E-state index < -0.39 is 5.60 Å². The smallest absolute Gasteiger partial charge is 0.270 e. The second kappa shape index (κ2) is 4.96. The molecule has 2 aromatic heterocycles. The molecule has 1 aliphatic heterocycles. The van der Waals surface area contributed by atoms with Crippen LogP contribution in [0.25, 0.3) is 11.3 Å². The largest absolute Gasteiger partial charge is 0.386 e. The number of amides is 1. The number of nitrogens with zero attached hydrogens (tertiary/aromatic N) is 2. The summed E-state index contributed by atoms with van der Waals surface area (Å²) >= 11 is 1.59. The fraction of sp³-hybridized carbons (Fsp3) is 0.467. The van der Waals surface area contributed by atoms with Crippen molar-refractivity contribution in [2.24, 2.45) is 5.92 Å². The second-order valence-electron chi connectivity index (χ2n) is 5.97. The van der Waals surface area contributed by atoms with Crippen molar-refractivity contribution in [2.45, 2.75) is 26.4 Å². The number of carbonyl (C=O) groups is 1. The number of aryl methyl sites for hydroxylation is 1. The van der Waals surface area contributed by atoms with Gasteiger partial charge in [0, 0.05) is 17.1 Å². The Bertz CT molecular complexity index is 668. The first-order valence-electron chi connectivity index (χ1n) is 7.01. The van der Waals surface area contributed by atoms with E-state index in [-0.39, 0.29) is 11.8 Å². The van der Waals surface area contributed by atoms with Crippen LogP contribution in [0.4, 0.5) is 0 Å². The summed E-state index contributed by atoms with van der Waals surface area (Å²) in [7, 11) is 0. The molecular formula is C15H19N3O2S. The molecule has 5 nitrogen and oxygen atoms in total. The molecule has 0 saturated carbocycles. The highest BCUT2D eigenvalue weighted by atomic mass is 32.1. The van der Waals surface area contributed by atoms with Crippen molar-refractivity contribution in [1.82, 2.24) is 14.9 Å². The number of hydrogen-bond acceptors (Lipinski definition) is 4. The summed E-state index contributed by atoms with van der Waals surface area (Å²) in [6.45, 7) is 6.69. The zero-order valence-corrected chi connectivity index (χ0v) is 13.2. The van der Waals surface area contributed by atoms with Crippen molar-refractivity contribution in [3.8, 4) is 11.3 Å². The van der Waals surface area contributed by atoms with E-state index in [1.165, 1.54) is 0 Å². The number of rotatable bonds is 3. The molecule has 1 saturated heterocycles. The van der Waals surface area contributed by atoms with Crippen LogP contribution in [0.5, 0.6) is 0 Å². The lowest BCUT2D eigenvalue weighted by atomic mass is 9.83. The van der Waals surface area contributed by atoms with Crippen LogP contribution in [-0.2, 0) is 0 Å². The molecule has 1 fully saturated rings. The molecular weight excluding hydrogens is 286 g/mol. The van der Waals surface area contributed by atoms with Gasteiger partial charge in [-0.25, -0.2) is 4.98 Å². The third kappa shape index (κ3) is 2.49. The molecule has 2 aromatic rings. The molecule has 0 aliphatic carbocycles. The minimum Gasteiger partial charge on any atom is -0.386 e. The highest BCUT2D eigenvalue weighted by Crippen LogP contribution is 2.30. The van der Waals surface area contributed by atoms with E-state index in [2.05, 4.69) is 9.97 Å². The molecule has 0 radical (unpaired) electrons. The molecule has 21 heavy (non-hydrogen) atoms. The third-order valence-electron chi connectivity index (χ3n) is 4.12. The predicted molar refractivity (Wildman–Crippen MR) is 82.3 cm³/mol. The van der Waals surface area contributed by atoms with E-state index in [9.17, 15) is 9.90 Å². The number of hydrogen-bond donors (Lipinski definition) is 2. The number of H-pyrrole nitrogens is 1. The lowest BCUT2D eigenvalue weighted by Gasteiger charge is -2.48. The van der Waals surface area contributed by atoms with Gasteiger partial charge in [-0.15, -0.1) is 11.3 Å². The quantitative estimate of drug-likeness (QED) is 0.914. The normalized spacial score (nSPS) is 17.1. The molecule has 0 unspecified atom stereocenters. The summed E-state index contributed by atoms with van der Waals surface area (Å²) in [5, 5.41) is 13.2. The Labute approximate surface area is 127 Å². The van der Waals surface area contributed by atoms with Gasteiger partial charge in [-0.05, 0) is 18.9 Å². The lowest BCUT2D eigenvalue weighted by molar-refractivity contribution is -0.111. The summed E-state index contributed by atoms with van der Waals surface area (Å²) in [6, 6.07) is 1.82. The topological polar surface area (TPSA) is 69.2 Å². The monoisotopic (exact) mass is 305 g/mol. The summed E-state index contributed by atoms with van der Waals surface area (Å²) in [6.07, 6.45) is 1.80. The Morgan fingerprint density at radius 2 is 2.24 bits per heavy atom. The Hall–Kier alpha value is -1.66. The van der Waals surface area contributed by atoms with E-state index in [0.29, 0.717) is 18.8 Å². The van der Waals surface area contributed by atoms with Crippen LogP contribution < -0.4 is 0 Å². The van der Waals surface area contributed by atoms with Gasteiger partial charge in [0.05, 0.1) is 23.8 Å². The SMILES string of the molecule is Cc1nc(-c2c[nH]c(C(=O)N3CC(O)(C(C)C)C3)c2)cs1. The summed E-state index contributed by atoms with van der Waals surface area (Å²) in [5.74, 6) is 0.0808. The average Bonchev–Trinajstić information content (AvgIpc) is 3.02. The molecule has 2 N–H and O–H groups in total. The highest BCUT2D eigenvalue weighted by molar-refractivity contribution is 7.09. The fourth-order valence-corrected chi connectivity index (χ4v) is 3.08. The average molecular weight is 305 g/mol. The summed E-state index contributed by atoms with van der Waals surface area (Å²) in [5.41, 5.74) is 1.61. The maximum atomic E-state index is 12.4. The molecule has 1 amide bonds. The second-order valence-corrected chi connectivity index (χ2v) is 7.04. The van der Waals surface area contributed by atoms with E-state index in [1.54, 1.807) is 22.4 Å². The van der Waals surface area contributed by atoms with Crippen LogP contribution in [0.1, 0.15) is 29.3 Å². The van der Waals surface area contributed by atoms with Crippen LogP contribution >= 0.6 is 11.3 Å². The van der Waals surface area contributed by atoms with E-state index in [0.717, 1.165) is 16.3 Å². The number of nitrogens with one attached hydrogen (secondary N) is 1. The Morgan fingerprint density at radius 3 is 2.81 bits per heavy atom. The van der Waals surface area contributed by atoms with Crippen LogP contribution in [0.3, 0.4) is 0 Å². The van der Waals surface area contributed by atoms with Gasteiger partial charge in [-0.2, -0.15) is 0 Å². The number of carbonyl (C=O) groups excluding carboxylic acids is 1. The van der Waals surface area contributed by atoms with Crippen molar-refractivity contribution in [2.75, 3.05) is 13.1 Å². The minimum atomic E-state index is -0.739. The number of aromatic amines is 1. The van der Waals surface area contributed by atoms with Crippen molar-refractivity contribution in [1.29, 1.82) is 0 Å². The summed E-state index contributed by atoms with van der Waals surface area (Å²) in [4.78, 5) is 21.4. The minimum absolute atomic E-state index is 0.0708. The van der Waals surface area contributed by atoms with Gasteiger partial charge >= 0.3 is 0 Å². The molecule has 3 rings (SSSR count). The molecule has 6 heteroatoms. The van der Waals surface area contributed by atoms with E-state index in [4.69, 9.17) is 0 Å². The van der Waals surface area contributed by atoms with Gasteiger partial charge in [0.25, 0.3) is 5.91 Å². The molecule has 3 heterocycles. The first-order chi connectivity index (χ1) is 9.89. The number of thiazole rings is 1. The predicted octanol–water partition coefficient (Wildman–Crippen LogP) is 2.29. The van der Waals surface area contributed by atoms with Crippen LogP contribution in [0.15, 0.2) is 17.6 Å². The molecule has 112 valence electrons. The molecule has 1 aliphatic rings. The first kappa shape index (κ1) is 14.3. The summed E-state index contributed by atoms with van der Waals surface area (Å²) < 4.78 is 0. The number of β-amino-alcohol motifs (C(OH)–C–C–N with tert-alkyl or cyclic N) is 1. The molecule has 0 atom stereocenters. The van der Waals surface area contributed by atoms with Crippen LogP contribution in [0, 0.1) is 12.8 Å². The molecule has 0 aromatic carbocycles. The van der Waals surface area contributed by atoms with E-state index >= 15 is 0 Å². The number of likely N-dealkylation sites (tertiary alicyclic amines) is 1. The Balaban J connectivity index is 1.71. The first-order valence-corrected chi connectivity index (χ1v) is 7.89. The van der Waals surface area contributed by atoms with Crippen molar-refractivity contribution >= 4 is 17.2 Å². The van der Waals surface area contributed by atoms with Gasteiger partial charge in [0.2, 0.25) is 0 Å². The number of aromatic nitrogens is 2. The Kier molecular flexibility index (Phi) is 3.37. The van der Waals surface area contributed by atoms with E-state index in [1.807, 2.05) is 32.2 Å². The number of aliphatic hydroxyl groups is 1. The molecule has 0 bridgehead atoms. The van der Waals surface area contributed by atoms with Crippen molar-refractivity contribution in [3.63, 3.8) is 0 Å². The molecule has 0 spiro atoms. The fourth-order valence-electron chi connectivity index (χ4n) is 2.46. The maximum absolute atomic E-state index is 12.4. The van der Waals surface area contributed by atoms with Gasteiger partial charge in [0.15, 0.2) is 0 Å². The maximum Gasteiger partial charge on any atom is 0.270 e.